The summed E-state index contributed by atoms with van der Waals surface area (Å²) in [6.45, 7) is 9.54. The van der Waals surface area contributed by atoms with Crippen LogP contribution in [-0.4, -0.2) is 37.7 Å². The van der Waals surface area contributed by atoms with Crippen LogP contribution in [0.3, 0.4) is 0 Å². The van der Waals surface area contributed by atoms with Gasteiger partial charge in [0.25, 0.3) is 0 Å². The van der Waals surface area contributed by atoms with Crippen molar-refractivity contribution < 1.29 is 4.74 Å². The number of hydrogen-bond donors (Lipinski definition) is 1. The van der Waals surface area contributed by atoms with E-state index in [0.29, 0.717) is 6.04 Å². The number of benzene rings is 1. The molecule has 0 spiro atoms. The normalized spacial score (nSPS) is 17.9. The van der Waals surface area contributed by atoms with Crippen molar-refractivity contribution in [3.8, 4) is 5.75 Å². The topological polar surface area (TPSA) is 24.5 Å². The van der Waals surface area contributed by atoms with Gasteiger partial charge in [-0.15, -0.1) is 0 Å². The van der Waals surface area contributed by atoms with Gasteiger partial charge in [-0.25, -0.2) is 0 Å². The molecule has 1 aliphatic heterocycles. The number of ether oxygens (including phenoxy) is 1. The molecule has 0 amide bonds. The van der Waals surface area contributed by atoms with Gasteiger partial charge in [0.1, 0.15) is 5.75 Å². The number of nitrogens with one attached hydrogen (secondary N) is 1. The summed E-state index contributed by atoms with van der Waals surface area (Å²) < 4.78 is 5.66. The molecule has 0 unspecified atom stereocenters. The van der Waals surface area contributed by atoms with E-state index in [4.69, 9.17) is 4.74 Å². The van der Waals surface area contributed by atoms with E-state index in [-0.39, 0.29) is 0 Å². The molecule has 0 aromatic heterocycles. The minimum absolute atomic E-state index is 0.539. The summed E-state index contributed by atoms with van der Waals surface area (Å²) in [5.41, 5.74) is 1.41. The van der Waals surface area contributed by atoms with Crippen LogP contribution in [0.1, 0.15) is 44.7 Å². The maximum Gasteiger partial charge on any atom is 0.119 e. The molecule has 0 bridgehead atoms. The maximum absolute atomic E-state index is 5.66. The molecule has 1 heterocycles. The van der Waals surface area contributed by atoms with Gasteiger partial charge in [0.15, 0.2) is 0 Å². The highest BCUT2D eigenvalue weighted by Crippen LogP contribution is 2.29. The molecule has 0 aliphatic carbocycles. The Bertz CT molecular complexity index is 388. The lowest BCUT2D eigenvalue weighted by molar-refractivity contribution is 0.163. The first-order valence-electron chi connectivity index (χ1n) is 8.02. The zero-order valence-corrected chi connectivity index (χ0v) is 12.9. The smallest absolute Gasteiger partial charge is 0.119 e. The first-order chi connectivity index (χ1) is 9.85. The minimum Gasteiger partial charge on any atom is -0.494 e. The van der Waals surface area contributed by atoms with Crippen molar-refractivity contribution in [1.29, 1.82) is 0 Å². The highest BCUT2D eigenvalue weighted by molar-refractivity contribution is 5.30. The molecule has 1 aromatic rings. The van der Waals surface area contributed by atoms with Gasteiger partial charge in [0, 0.05) is 32.2 Å². The maximum atomic E-state index is 5.66. The van der Waals surface area contributed by atoms with Crippen LogP contribution in [0.25, 0.3) is 0 Å². The van der Waals surface area contributed by atoms with Gasteiger partial charge >= 0.3 is 0 Å². The van der Waals surface area contributed by atoms with Gasteiger partial charge in [-0.2, -0.15) is 0 Å². The first kappa shape index (κ1) is 15.3. The van der Waals surface area contributed by atoms with Gasteiger partial charge in [-0.05, 0) is 31.0 Å². The molecule has 112 valence electrons. The largest absolute Gasteiger partial charge is 0.494 e. The van der Waals surface area contributed by atoms with Crippen molar-refractivity contribution in [1.82, 2.24) is 10.2 Å². The Hall–Kier alpha value is -1.06. The Morgan fingerprint density at radius 1 is 1.25 bits per heavy atom. The molecule has 2 rings (SSSR count). The molecule has 0 saturated carbocycles. The van der Waals surface area contributed by atoms with Crippen LogP contribution in [-0.2, 0) is 0 Å². The Morgan fingerprint density at radius 2 is 2.05 bits per heavy atom. The minimum atomic E-state index is 0.539. The quantitative estimate of drug-likeness (QED) is 0.827. The van der Waals surface area contributed by atoms with Crippen LogP contribution in [0.5, 0.6) is 5.75 Å². The Kier molecular flexibility index (Phi) is 6.34. The van der Waals surface area contributed by atoms with Crippen molar-refractivity contribution in [3.05, 3.63) is 29.8 Å². The standard InChI is InChI=1S/C17H28N2O/c1-3-5-9-17(19-12-10-18-11-13-19)15-7-6-8-16(14-15)20-4-2/h6-8,14,17-18H,3-5,9-13H2,1-2H3/t17-/m1/s1. The van der Waals surface area contributed by atoms with E-state index in [0.717, 1.165) is 38.5 Å². The molecule has 1 atom stereocenters. The molecule has 1 saturated heterocycles. The fourth-order valence-electron chi connectivity index (χ4n) is 2.93. The van der Waals surface area contributed by atoms with Gasteiger partial charge in [-0.3, -0.25) is 4.90 Å². The van der Waals surface area contributed by atoms with E-state index in [9.17, 15) is 0 Å². The molecule has 0 radical (unpaired) electrons. The van der Waals surface area contributed by atoms with Crippen LogP contribution >= 0.6 is 0 Å². The molecule has 1 fully saturated rings. The number of nitrogens with zero attached hydrogens (tertiary/aromatic N) is 1. The molecule has 3 nitrogen and oxygen atoms in total. The summed E-state index contributed by atoms with van der Waals surface area (Å²) in [5.74, 6) is 1.00. The third kappa shape index (κ3) is 4.22. The van der Waals surface area contributed by atoms with Gasteiger partial charge in [-0.1, -0.05) is 31.9 Å². The average molecular weight is 276 g/mol. The lowest BCUT2D eigenvalue weighted by atomic mass is 9.98. The van der Waals surface area contributed by atoms with Gasteiger partial charge < -0.3 is 10.1 Å². The number of unbranched alkanes of at least 4 members (excludes halogenated alkanes) is 1. The Balaban J connectivity index is 2.13. The van der Waals surface area contributed by atoms with Crippen LogP contribution in [0.2, 0.25) is 0 Å². The highest BCUT2D eigenvalue weighted by atomic mass is 16.5. The fourth-order valence-corrected chi connectivity index (χ4v) is 2.93. The fraction of sp³-hybridized carbons (Fsp3) is 0.647. The predicted molar refractivity (Wildman–Crippen MR) is 84.3 cm³/mol. The summed E-state index contributed by atoms with van der Waals surface area (Å²) >= 11 is 0. The van der Waals surface area contributed by atoms with Crippen LogP contribution in [0.4, 0.5) is 0 Å². The molecular weight excluding hydrogens is 248 g/mol. The average Bonchev–Trinajstić information content (AvgIpc) is 2.50. The highest BCUT2D eigenvalue weighted by Gasteiger charge is 2.21. The van der Waals surface area contributed by atoms with E-state index in [2.05, 4.69) is 41.4 Å². The second-order valence-corrected chi connectivity index (χ2v) is 5.45. The van der Waals surface area contributed by atoms with E-state index < -0.39 is 0 Å². The van der Waals surface area contributed by atoms with Crippen molar-refractivity contribution in [2.45, 2.75) is 39.2 Å². The summed E-state index contributed by atoms with van der Waals surface area (Å²) in [6.07, 6.45) is 3.78. The second kappa shape index (κ2) is 8.28. The van der Waals surface area contributed by atoms with E-state index in [1.807, 2.05) is 6.92 Å². The van der Waals surface area contributed by atoms with Crippen LogP contribution < -0.4 is 10.1 Å². The number of piperazine rings is 1. The summed E-state index contributed by atoms with van der Waals surface area (Å²) in [5, 5.41) is 3.44. The predicted octanol–water partition coefficient (Wildman–Crippen LogP) is 3.22. The molecular formula is C17H28N2O. The van der Waals surface area contributed by atoms with Crippen molar-refractivity contribution in [2.75, 3.05) is 32.8 Å². The molecule has 1 N–H and O–H groups in total. The number of rotatable bonds is 7. The molecule has 20 heavy (non-hydrogen) atoms. The van der Waals surface area contributed by atoms with Crippen LogP contribution in [0, 0.1) is 0 Å². The van der Waals surface area contributed by atoms with Crippen molar-refractivity contribution in [2.24, 2.45) is 0 Å². The van der Waals surface area contributed by atoms with Gasteiger partial charge in [0.05, 0.1) is 6.61 Å². The van der Waals surface area contributed by atoms with Gasteiger partial charge in [0.2, 0.25) is 0 Å². The lowest BCUT2D eigenvalue weighted by Gasteiger charge is -2.35. The third-order valence-corrected chi connectivity index (χ3v) is 3.98. The first-order valence-corrected chi connectivity index (χ1v) is 8.02. The van der Waals surface area contributed by atoms with Crippen molar-refractivity contribution in [3.63, 3.8) is 0 Å². The van der Waals surface area contributed by atoms with Crippen LogP contribution in [0.15, 0.2) is 24.3 Å². The zero-order chi connectivity index (χ0) is 14.2. The number of hydrogen-bond acceptors (Lipinski definition) is 3. The second-order valence-electron chi connectivity index (χ2n) is 5.45. The van der Waals surface area contributed by atoms with E-state index in [1.165, 1.54) is 24.8 Å². The third-order valence-electron chi connectivity index (χ3n) is 3.98. The summed E-state index contributed by atoms with van der Waals surface area (Å²) in [4.78, 5) is 2.62. The summed E-state index contributed by atoms with van der Waals surface area (Å²) in [6, 6.07) is 9.21. The molecule has 1 aromatic carbocycles. The zero-order valence-electron chi connectivity index (χ0n) is 12.9. The Morgan fingerprint density at radius 3 is 2.75 bits per heavy atom. The van der Waals surface area contributed by atoms with E-state index >= 15 is 0 Å². The van der Waals surface area contributed by atoms with E-state index in [1.54, 1.807) is 0 Å². The van der Waals surface area contributed by atoms with Crippen molar-refractivity contribution >= 4 is 0 Å². The Labute approximate surface area is 123 Å². The molecule has 1 aliphatic rings. The lowest BCUT2D eigenvalue weighted by Crippen LogP contribution is -2.45. The summed E-state index contributed by atoms with van der Waals surface area (Å²) in [7, 11) is 0. The monoisotopic (exact) mass is 276 g/mol. The molecule has 3 heteroatoms. The SMILES string of the molecule is CCCC[C@H](c1cccc(OCC)c1)N1CCNCC1.